The van der Waals surface area contributed by atoms with Gasteiger partial charge in [0.25, 0.3) is 0 Å². The molecular weight excluding hydrogens is 446 g/mol. The van der Waals surface area contributed by atoms with Gasteiger partial charge in [-0.25, -0.2) is 0 Å². The summed E-state index contributed by atoms with van der Waals surface area (Å²) in [6, 6.07) is 9.56. The van der Waals surface area contributed by atoms with Gasteiger partial charge >= 0.3 is 12.1 Å². The van der Waals surface area contributed by atoms with E-state index in [0.29, 0.717) is 0 Å². The summed E-state index contributed by atoms with van der Waals surface area (Å²) in [7, 11) is 1.33. The lowest BCUT2D eigenvalue weighted by molar-refractivity contribution is -0.336. The van der Waals surface area contributed by atoms with Gasteiger partial charge in [0.1, 0.15) is 5.75 Å². The number of rotatable bonds is 4. The van der Waals surface area contributed by atoms with E-state index in [0.717, 1.165) is 18.2 Å². The summed E-state index contributed by atoms with van der Waals surface area (Å²) in [5.41, 5.74) is -4.69. The first-order chi connectivity index (χ1) is 11.1. The van der Waals surface area contributed by atoms with Crippen molar-refractivity contribution in [3.63, 3.8) is 0 Å². The molecule has 1 atom stereocenters. The standard InChI is InChI=1S/C16H12F5IO2/c1-24-11-8-6-10(7-9-11)14(23,15(17,18)16(19,20)21)12-4-2-3-5-13(12)22/h2-9,23H,1H3. The number of alkyl halides is 5. The Morgan fingerprint density at radius 3 is 1.92 bits per heavy atom. The fourth-order valence-electron chi connectivity index (χ4n) is 2.30. The highest BCUT2D eigenvalue weighted by Crippen LogP contribution is 2.52. The number of aliphatic hydroxyl groups is 1. The van der Waals surface area contributed by atoms with Crippen molar-refractivity contribution in [3.05, 3.63) is 63.2 Å². The Balaban J connectivity index is 2.77. The van der Waals surface area contributed by atoms with Gasteiger partial charge in [-0.15, -0.1) is 0 Å². The zero-order valence-electron chi connectivity index (χ0n) is 12.2. The van der Waals surface area contributed by atoms with Crippen LogP contribution in [0.5, 0.6) is 5.75 Å². The fourth-order valence-corrected chi connectivity index (χ4v) is 3.08. The molecule has 0 heterocycles. The average Bonchev–Trinajstić information content (AvgIpc) is 2.53. The Bertz CT molecular complexity index is 715. The molecular formula is C16H12F5IO2. The maximum atomic E-state index is 14.3. The minimum atomic E-state index is -5.94. The van der Waals surface area contributed by atoms with Gasteiger partial charge in [-0.05, 0) is 46.4 Å². The zero-order valence-corrected chi connectivity index (χ0v) is 14.4. The largest absolute Gasteiger partial charge is 0.497 e. The normalized spacial score (nSPS) is 15.0. The fraction of sp³-hybridized carbons (Fsp3) is 0.250. The first-order valence-electron chi connectivity index (χ1n) is 6.62. The lowest BCUT2D eigenvalue weighted by atomic mass is 9.80. The Labute approximate surface area is 148 Å². The van der Waals surface area contributed by atoms with E-state index in [-0.39, 0.29) is 9.32 Å². The topological polar surface area (TPSA) is 29.5 Å². The molecule has 0 spiro atoms. The molecule has 2 nitrogen and oxygen atoms in total. The second-order valence-electron chi connectivity index (χ2n) is 4.99. The van der Waals surface area contributed by atoms with Crippen LogP contribution in [0.2, 0.25) is 0 Å². The summed E-state index contributed by atoms with van der Waals surface area (Å²) < 4.78 is 72.7. The molecule has 2 rings (SSSR count). The lowest BCUT2D eigenvalue weighted by Gasteiger charge is -2.38. The van der Waals surface area contributed by atoms with E-state index in [1.54, 1.807) is 22.6 Å². The van der Waals surface area contributed by atoms with E-state index < -0.39 is 28.8 Å². The molecule has 0 bridgehead atoms. The highest BCUT2D eigenvalue weighted by atomic mass is 127. The summed E-state index contributed by atoms with van der Waals surface area (Å²) in [6.07, 6.45) is -5.94. The van der Waals surface area contributed by atoms with E-state index in [1.807, 2.05) is 0 Å². The molecule has 8 heteroatoms. The molecule has 0 amide bonds. The highest BCUT2D eigenvalue weighted by molar-refractivity contribution is 14.1. The van der Waals surface area contributed by atoms with Crippen molar-refractivity contribution in [2.24, 2.45) is 0 Å². The smallest absolute Gasteiger partial charge is 0.457 e. The number of hydrogen-bond donors (Lipinski definition) is 1. The second-order valence-corrected chi connectivity index (χ2v) is 6.15. The quantitative estimate of drug-likeness (QED) is 0.531. The van der Waals surface area contributed by atoms with Gasteiger partial charge in [0.15, 0.2) is 5.60 Å². The van der Waals surface area contributed by atoms with Crippen LogP contribution in [0.25, 0.3) is 0 Å². The Kier molecular flexibility index (Phi) is 5.10. The van der Waals surface area contributed by atoms with E-state index in [9.17, 15) is 27.1 Å². The molecule has 0 aromatic heterocycles. The van der Waals surface area contributed by atoms with Crippen LogP contribution in [0, 0.1) is 3.57 Å². The third-order valence-corrected chi connectivity index (χ3v) is 4.52. The predicted octanol–water partition coefficient (Wildman–Crippen LogP) is 4.73. The van der Waals surface area contributed by atoms with Crippen LogP contribution < -0.4 is 4.74 Å². The van der Waals surface area contributed by atoms with Gasteiger partial charge in [0.2, 0.25) is 0 Å². The average molecular weight is 458 g/mol. The van der Waals surface area contributed by atoms with E-state index in [4.69, 9.17) is 4.74 Å². The third kappa shape index (κ3) is 2.97. The van der Waals surface area contributed by atoms with Crippen LogP contribution in [0.4, 0.5) is 22.0 Å². The van der Waals surface area contributed by atoms with Crippen LogP contribution in [0.1, 0.15) is 11.1 Å². The second kappa shape index (κ2) is 6.47. The maximum absolute atomic E-state index is 14.3. The predicted molar refractivity (Wildman–Crippen MR) is 86.2 cm³/mol. The molecule has 2 aromatic rings. The third-order valence-electron chi connectivity index (χ3n) is 3.58. The Morgan fingerprint density at radius 2 is 1.46 bits per heavy atom. The van der Waals surface area contributed by atoms with Crippen molar-refractivity contribution in [2.75, 3.05) is 7.11 Å². The van der Waals surface area contributed by atoms with Crippen molar-refractivity contribution in [2.45, 2.75) is 17.7 Å². The Hall–Kier alpha value is -1.42. The zero-order chi connectivity index (χ0) is 18.2. The minimum absolute atomic E-state index is 0.0809. The van der Waals surface area contributed by atoms with Crippen molar-refractivity contribution in [1.29, 1.82) is 0 Å². The minimum Gasteiger partial charge on any atom is -0.497 e. The molecule has 0 saturated heterocycles. The van der Waals surface area contributed by atoms with Crippen LogP contribution in [0.15, 0.2) is 48.5 Å². The van der Waals surface area contributed by atoms with Gasteiger partial charge in [0.05, 0.1) is 7.11 Å². The molecule has 2 aromatic carbocycles. The number of benzene rings is 2. The van der Waals surface area contributed by atoms with Gasteiger partial charge in [-0.1, -0.05) is 30.3 Å². The summed E-state index contributed by atoms with van der Waals surface area (Å²) in [6.45, 7) is 0. The molecule has 1 N–H and O–H groups in total. The Morgan fingerprint density at radius 1 is 0.917 bits per heavy atom. The highest BCUT2D eigenvalue weighted by Gasteiger charge is 2.71. The van der Waals surface area contributed by atoms with Crippen molar-refractivity contribution < 1.29 is 31.8 Å². The molecule has 0 saturated carbocycles. The van der Waals surface area contributed by atoms with Crippen LogP contribution in [0.3, 0.4) is 0 Å². The monoisotopic (exact) mass is 458 g/mol. The first kappa shape index (κ1) is 18.9. The van der Waals surface area contributed by atoms with E-state index >= 15 is 0 Å². The molecule has 130 valence electrons. The van der Waals surface area contributed by atoms with E-state index in [1.165, 1.54) is 37.4 Å². The molecule has 0 fully saturated rings. The van der Waals surface area contributed by atoms with Crippen LogP contribution in [-0.4, -0.2) is 24.3 Å². The van der Waals surface area contributed by atoms with Crippen LogP contribution >= 0.6 is 22.6 Å². The van der Waals surface area contributed by atoms with Gasteiger partial charge in [0, 0.05) is 9.13 Å². The van der Waals surface area contributed by atoms with Gasteiger partial charge in [-0.2, -0.15) is 22.0 Å². The van der Waals surface area contributed by atoms with Gasteiger partial charge < -0.3 is 9.84 Å². The number of halogens is 6. The number of hydrogen-bond acceptors (Lipinski definition) is 2. The van der Waals surface area contributed by atoms with Crippen LogP contribution in [-0.2, 0) is 5.60 Å². The van der Waals surface area contributed by atoms with Gasteiger partial charge in [-0.3, -0.25) is 0 Å². The summed E-state index contributed by atoms with van der Waals surface area (Å²) in [4.78, 5) is 0. The van der Waals surface area contributed by atoms with Crippen molar-refractivity contribution in [1.82, 2.24) is 0 Å². The molecule has 0 radical (unpaired) electrons. The first-order valence-corrected chi connectivity index (χ1v) is 7.70. The molecule has 0 aliphatic carbocycles. The maximum Gasteiger partial charge on any atom is 0.457 e. The summed E-state index contributed by atoms with van der Waals surface area (Å²) >= 11 is 1.61. The number of ether oxygens (including phenoxy) is 1. The van der Waals surface area contributed by atoms with Crippen molar-refractivity contribution >= 4 is 22.6 Å². The lowest BCUT2D eigenvalue weighted by Crippen LogP contribution is -2.55. The summed E-state index contributed by atoms with van der Waals surface area (Å²) in [5, 5.41) is 10.6. The number of methoxy groups -OCH3 is 1. The van der Waals surface area contributed by atoms with Crippen molar-refractivity contribution in [3.8, 4) is 5.75 Å². The molecule has 0 aliphatic rings. The molecule has 0 aliphatic heterocycles. The summed E-state index contributed by atoms with van der Waals surface area (Å²) in [5.74, 6) is -5.14. The SMILES string of the molecule is COc1ccc(C(O)(c2ccccc2I)C(F)(F)C(F)(F)F)cc1. The molecule has 1 unspecified atom stereocenters. The molecule has 24 heavy (non-hydrogen) atoms. The van der Waals surface area contributed by atoms with E-state index in [2.05, 4.69) is 0 Å².